The van der Waals surface area contributed by atoms with Crippen molar-refractivity contribution in [3.05, 3.63) is 47.1 Å². The zero-order valence-electron chi connectivity index (χ0n) is 10.2. The molecule has 4 nitrogen and oxygen atoms in total. The van der Waals surface area contributed by atoms with Crippen LogP contribution in [0.15, 0.2) is 46.5 Å². The van der Waals surface area contributed by atoms with E-state index < -0.39 is 0 Å². The first kappa shape index (κ1) is 13.7. The van der Waals surface area contributed by atoms with Crippen molar-refractivity contribution in [1.29, 1.82) is 0 Å². The number of benzene rings is 1. The van der Waals surface area contributed by atoms with Gasteiger partial charge in [0.25, 0.3) is 5.91 Å². The van der Waals surface area contributed by atoms with Crippen LogP contribution in [0.25, 0.3) is 0 Å². The number of nitrogens with two attached hydrogens (primary N) is 1. The molecule has 98 valence electrons. The SMILES string of the molecule is CNC(=O)c1ccc(Sc2ccc(Cl)cn2)c(N)c1. The predicted molar refractivity (Wildman–Crippen MR) is 77.6 cm³/mol. The average Bonchev–Trinajstić information content (AvgIpc) is 2.42. The van der Waals surface area contributed by atoms with E-state index in [1.165, 1.54) is 11.8 Å². The lowest BCUT2D eigenvalue weighted by atomic mass is 10.2. The van der Waals surface area contributed by atoms with Crippen molar-refractivity contribution in [3.8, 4) is 0 Å². The van der Waals surface area contributed by atoms with Crippen LogP contribution in [0.5, 0.6) is 0 Å². The molecule has 0 aliphatic carbocycles. The van der Waals surface area contributed by atoms with E-state index in [2.05, 4.69) is 10.3 Å². The highest BCUT2D eigenvalue weighted by Crippen LogP contribution is 2.31. The minimum Gasteiger partial charge on any atom is -0.398 e. The van der Waals surface area contributed by atoms with Crippen molar-refractivity contribution in [1.82, 2.24) is 10.3 Å². The van der Waals surface area contributed by atoms with Gasteiger partial charge in [-0.25, -0.2) is 4.98 Å². The van der Waals surface area contributed by atoms with Crippen LogP contribution in [0.1, 0.15) is 10.4 Å². The van der Waals surface area contributed by atoms with Gasteiger partial charge in [-0.2, -0.15) is 0 Å². The number of carbonyl (C=O) groups excluding carboxylic acids is 1. The molecule has 0 aliphatic heterocycles. The van der Waals surface area contributed by atoms with Crippen molar-refractivity contribution < 1.29 is 4.79 Å². The summed E-state index contributed by atoms with van der Waals surface area (Å²) in [6.45, 7) is 0. The van der Waals surface area contributed by atoms with E-state index in [0.717, 1.165) is 9.92 Å². The Hall–Kier alpha value is -1.72. The van der Waals surface area contributed by atoms with Gasteiger partial charge in [0.1, 0.15) is 5.03 Å². The molecule has 3 N–H and O–H groups in total. The van der Waals surface area contributed by atoms with E-state index in [-0.39, 0.29) is 5.91 Å². The number of aromatic nitrogens is 1. The van der Waals surface area contributed by atoms with Crippen LogP contribution in [0, 0.1) is 0 Å². The summed E-state index contributed by atoms with van der Waals surface area (Å²) in [5.41, 5.74) is 7.02. The maximum atomic E-state index is 11.5. The monoisotopic (exact) mass is 293 g/mol. The molecule has 1 amide bonds. The summed E-state index contributed by atoms with van der Waals surface area (Å²) in [7, 11) is 1.58. The molecule has 0 atom stereocenters. The standard InChI is InChI=1S/C13H12ClN3OS/c1-16-13(18)8-2-4-11(10(15)6-8)19-12-5-3-9(14)7-17-12/h2-7H,15H2,1H3,(H,16,18). The Balaban J connectivity index is 2.22. The number of amides is 1. The summed E-state index contributed by atoms with van der Waals surface area (Å²) in [5.74, 6) is -0.159. The van der Waals surface area contributed by atoms with Crippen LogP contribution in [0.4, 0.5) is 5.69 Å². The molecular weight excluding hydrogens is 282 g/mol. The molecule has 1 heterocycles. The highest BCUT2D eigenvalue weighted by Gasteiger charge is 2.08. The quantitative estimate of drug-likeness (QED) is 0.854. The second kappa shape index (κ2) is 5.95. The van der Waals surface area contributed by atoms with E-state index in [4.69, 9.17) is 17.3 Å². The van der Waals surface area contributed by atoms with Gasteiger partial charge in [-0.1, -0.05) is 23.4 Å². The van der Waals surface area contributed by atoms with Crippen LogP contribution in [-0.2, 0) is 0 Å². The lowest BCUT2D eigenvalue weighted by molar-refractivity contribution is 0.0963. The minimum atomic E-state index is -0.159. The lowest BCUT2D eigenvalue weighted by Crippen LogP contribution is -2.17. The maximum Gasteiger partial charge on any atom is 0.251 e. The summed E-state index contributed by atoms with van der Waals surface area (Å²) in [5, 5.41) is 3.94. The van der Waals surface area contributed by atoms with Crippen molar-refractivity contribution in [2.75, 3.05) is 12.8 Å². The van der Waals surface area contributed by atoms with E-state index in [9.17, 15) is 4.79 Å². The smallest absolute Gasteiger partial charge is 0.251 e. The number of carbonyl (C=O) groups is 1. The summed E-state index contributed by atoms with van der Waals surface area (Å²) >= 11 is 7.20. The number of halogens is 1. The highest BCUT2D eigenvalue weighted by molar-refractivity contribution is 7.99. The summed E-state index contributed by atoms with van der Waals surface area (Å²) in [6, 6.07) is 8.77. The highest BCUT2D eigenvalue weighted by atomic mass is 35.5. The van der Waals surface area contributed by atoms with Crippen molar-refractivity contribution in [2.45, 2.75) is 9.92 Å². The van der Waals surface area contributed by atoms with Crippen molar-refractivity contribution in [3.63, 3.8) is 0 Å². The lowest BCUT2D eigenvalue weighted by Gasteiger charge is -2.07. The van der Waals surface area contributed by atoms with E-state index >= 15 is 0 Å². The second-order valence-electron chi connectivity index (χ2n) is 3.75. The molecule has 0 aliphatic rings. The number of hydrogen-bond donors (Lipinski definition) is 2. The normalized spacial score (nSPS) is 10.2. The molecule has 1 aromatic carbocycles. The number of hydrogen-bond acceptors (Lipinski definition) is 4. The molecule has 2 aromatic rings. The molecule has 0 saturated carbocycles. The van der Waals surface area contributed by atoms with Gasteiger partial charge in [0.05, 0.1) is 5.02 Å². The van der Waals surface area contributed by atoms with Crippen LogP contribution in [-0.4, -0.2) is 17.9 Å². The third-order valence-corrected chi connectivity index (χ3v) is 3.68. The molecule has 0 spiro atoms. The van der Waals surface area contributed by atoms with E-state index in [1.54, 1.807) is 37.5 Å². The molecular formula is C13H12ClN3OS. The van der Waals surface area contributed by atoms with Crippen molar-refractivity contribution in [2.24, 2.45) is 0 Å². The third-order valence-electron chi connectivity index (χ3n) is 2.41. The van der Waals surface area contributed by atoms with Gasteiger partial charge in [-0.05, 0) is 30.3 Å². The van der Waals surface area contributed by atoms with Gasteiger partial charge >= 0.3 is 0 Å². The van der Waals surface area contributed by atoms with Gasteiger partial charge in [0, 0.05) is 29.4 Å². The zero-order valence-corrected chi connectivity index (χ0v) is 11.8. The fraction of sp³-hybridized carbons (Fsp3) is 0.0769. The molecule has 0 bridgehead atoms. The molecule has 0 fully saturated rings. The molecule has 6 heteroatoms. The van der Waals surface area contributed by atoms with Gasteiger partial charge in [0.2, 0.25) is 0 Å². The largest absolute Gasteiger partial charge is 0.398 e. The molecule has 19 heavy (non-hydrogen) atoms. The molecule has 0 radical (unpaired) electrons. The first-order valence-electron chi connectivity index (χ1n) is 5.51. The van der Waals surface area contributed by atoms with Crippen LogP contribution in [0.2, 0.25) is 5.02 Å². The number of nitrogen functional groups attached to an aromatic ring is 1. The number of rotatable bonds is 3. The zero-order chi connectivity index (χ0) is 13.8. The Bertz CT molecular complexity index is 601. The fourth-order valence-corrected chi connectivity index (χ4v) is 2.35. The van der Waals surface area contributed by atoms with Gasteiger partial charge in [-0.15, -0.1) is 0 Å². The third kappa shape index (κ3) is 3.39. The molecule has 0 saturated heterocycles. The van der Waals surface area contributed by atoms with Crippen LogP contribution < -0.4 is 11.1 Å². The number of nitrogens with zero attached hydrogens (tertiary/aromatic N) is 1. The number of pyridine rings is 1. The fourth-order valence-electron chi connectivity index (χ4n) is 1.46. The number of anilines is 1. The van der Waals surface area contributed by atoms with E-state index in [1.807, 2.05) is 6.07 Å². The topological polar surface area (TPSA) is 68.0 Å². The maximum absolute atomic E-state index is 11.5. The Kier molecular flexibility index (Phi) is 4.29. The van der Waals surface area contributed by atoms with Crippen molar-refractivity contribution >= 4 is 35.0 Å². The van der Waals surface area contributed by atoms with E-state index in [0.29, 0.717) is 16.3 Å². The number of nitrogens with one attached hydrogen (secondary N) is 1. The van der Waals surface area contributed by atoms with Crippen LogP contribution >= 0.6 is 23.4 Å². The predicted octanol–water partition coefficient (Wildman–Crippen LogP) is 2.83. The Labute approximate surface area is 120 Å². The first-order chi connectivity index (χ1) is 9.10. The van der Waals surface area contributed by atoms with Gasteiger partial charge < -0.3 is 11.1 Å². The summed E-state index contributed by atoms with van der Waals surface area (Å²) < 4.78 is 0. The first-order valence-corrected chi connectivity index (χ1v) is 6.70. The minimum absolute atomic E-state index is 0.159. The molecule has 0 unspecified atom stereocenters. The second-order valence-corrected chi connectivity index (χ2v) is 5.25. The summed E-state index contributed by atoms with van der Waals surface area (Å²) in [6.07, 6.45) is 1.58. The molecule has 1 aromatic heterocycles. The summed E-state index contributed by atoms with van der Waals surface area (Å²) in [4.78, 5) is 16.5. The van der Waals surface area contributed by atoms with Crippen LogP contribution in [0.3, 0.4) is 0 Å². The Morgan fingerprint density at radius 3 is 2.74 bits per heavy atom. The van der Waals surface area contributed by atoms with Gasteiger partial charge in [-0.3, -0.25) is 4.79 Å². The molecule has 2 rings (SSSR count). The Morgan fingerprint density at radius 1 is 1.37 bits per heavy atom. The average molecular weight is 294 g/mol. The van der Waals surface area contributed by atoms with Gasteiger partial charge in [0.15, 0.2) is 0 Å². The Morgan fingerprint density at radius 2 is 2.16 bits per heavy atom.